The van der Waals surface area contributed by atoms with E-state index in [0.29, 0.717) is 18.5 Å². The molecule has 2 heterocycles. The molecule has 19 heavy (non-hydrogen) atoms. The number of aryl methyl sites for hydroxylation is 1. The summed E-state index contributed by atoms with van der Waals surface area (Å²) in [5.41, 5.74) is 1.61. The van der Waals surface area contributed by atoms with Gasteiger partial charge < -0.3 is 9.88 Å². The number of amides is 1. The lowest BCUT2D eigenvalue weighted by Crippen LogP contribution is -2.42. The van der Waals surface area contributed by atoms with Gasteiger partial charge in [0.25, 0.3) is 5.91 Å². The van der Waals surface area contributed by atoms with E-state index in [0.717, 1.165) is 12.1 Å². The highest BCUT2D eigenvalue weighted by molar-refractivity contribution is 7.91. The Kier molecular flexibility index (Phi) is 3.99. The smallest absolute Gasteiger partial charge is 0.270 e. The van der Waals surface area contributed by atoms with E-state index in [2.05, 4.69) is 4.98 Å². The molecule has 6 heteroatoms. The molecule has 1 aromatic heterocycles. The van der Waals surface area contributed by atoms with Gasteiger partial charge in [-0.2, -0.15) is 0 Å². The van der Waals surface area contributed by atoms with Gasteiger partial charge in [0, 0.05) is 18.8 Å². The monoisotopic (exact) mass is 284 g/mol. The number of sulfone groups is 1. The fourth-order valence-corrected chi connectivity index (χ4v) is 3.86. The summed E-state index contributed by atoms with van der Waals surface area (Å²) in [6.45, 7) is 2.02. The number of carbonyl (C=O) groups excluding carboxylic acids is 1. The number of hydrogen-bond acceptors (Lipinski definition) is 3. The second-order valence-electron chi connectivity index (χ2n) is 5.05. The van der Waals surface area contributed by atoms with Crippen LogP contribution < -0.4 is 0 Å². The zero-order chi connectivity index (χ0) is 14.0. The van der Waals surface area contributed by atoms with E-state index in [1.807, 2.05) is 13.0 Å². The molecule has 1 aromatic rings. The van der Waals surface area contributed by atoms with Crippen LogP contribution in [0.15, 0.2) is 12.1 Å². The molecule has 0 radical (unpaired) electrons. The van der Waals surface area contributed by atoms with E-state index < -0.39 is 9.84 Å². The largest absolute Gasteiger partial charge is 0.354 e. The lowest BCUT2D eigenvalue weighted by atomic mass is 10.1. The highest BCUT2D eigenvalue weighted by Gasteiger charge is 2.29. The zero-order valence-corrected chi connectivity index (χ0v) is 12.2. The maximum atomic E-state index is 12.3. The average molecular weight is 284 g/mol. The topological polar surface area (TPSA) is 70.2 Å². The fourth-order valence-electron chi connectivity index (χ4n) is 2.39. The minimum absolute atomic E-state index is 0.0180. The lowest BCUT2D eigenvalue weighted by Gasteiger charge is -2.30. The van der Waals surface area contributed by atoms with Crippen molar-refractivity contribution in [1.82, 2.24) is 9.88 Å². The highest BCUT2D eigenvalue weighted by Crippen LogP contribution is 2.18. The van der Waals surface area contributed by atoms with Crippen molar-refractivity contribution in [3.05, 3.63) is 23.5 Å². The summed E-state index contributed by atoms with van der Waals surface area (Å²) in [6.07, 6.45) is 1.93. The van der Waals surface area contributed by atoms with Gasteiger partial charge in [-0.25, -0.2) is 8.42 Å². The first-order valence-electron chi connectivity index (χ1n) is 6.58. The van der Waals surface area contributed by atoms with Crippen molar-refractivity contribution in [1.29, 1.82) is 0 Å². The van der Waals surface area contributed by atoms with Crippen molar-refractivity contribution in [2.75, 3.05) is 18.6 Å². The van der Waals surface area contributed by atoms with Gasteiger partial charge in [0.2, 0.25) is 0 Å². The Labute approximate surface area is 113 Å². The third-order valence-corrected chi connectivity index (χ3v) is 5.47. The quantitative estimate of drug-likeness (QED) is 0.907. The van der Waals surface area contributed by atoms with Crippen LogP contribution in [0.3, 0.4) is 0 Å². The van der Waals surface area contributed by atoms with Crippen LogP contribution >= 0.6 is 0 Å². The Morgan fingerprint density at radius 2 is 2.00 bits per heavy atom. The van der Waals surface area contributed by atoms with Crippen molar-refractivity contribution >= 4 is 15.7 Å². The Balaban J connectivity index is 2.03. The molecule has 1 amide bonds. The van der Waals surface area contributed by atoms with Crippen LogP contribution in [0.1, 0.15) is 35.9 Å². The number of carbonyl (C=O) groups is 1. The molecular formula is C13H20N2O3S. The molecule has 0 atom stereocenters. The second-order valence-corrected chi connectivity index (χ2v) is 7.35. The number of H-pyrrole nitrogens is 1. The van der Waals surface area contributed by atoms with Gasteiger partial charge in [0.05, 0.1) is 11.5 Å². The SMILES string of the molecule is CCc1ccc(C(=O)N(C)C2CCS(=O)(=O)CC2)[nH]1. The average Bonchev–Trinajstić information content (AvgIpc) is 2.86. The molecule has 1 N–H and O–H groups in total. The van der Waals surface area contributed by atoms with E-state index in [1.165, 1.54) is 0 Å². The second kappa shape index (κ2) is 5.36. The molecule has 1 aliphatic rings. The number of aromatic amines is 1. The van der Waals surface area contributed by atoms with Crippen molar-refractivity contribution in [3.63, 3.8) is 0 Å². The molecule has 0 aromatic carbocycles. The van der Waals surface area contributed by atoms with Gasteiger partial charge in [-0.15, -0.1) is 0 Å². The number of aromatic nitrogens is 1. The summed E-state index contributed by atoms with van der Waals surface area (Å²) in [5.74, 6) is 0.296. The van der Waals surface area contributed by atoms with Crippen LogP contribution in [0.2, 0.25) is 0 Å². The van der Waals surface area contributed by atoms with E-state index in [-0.39, 0.29) is 23.5 Å². The van der Waals surface area contributed by atoms with E-state index in [1.54, 1.807) is 18.0 Å². The first-order valence-corrected chi connectivity index (χ1v) is 8.40. The Morgan fingerprint density at radius 1 is 1.37 bits per heavy atom. The first kappa shape index (κ1) is 14.1. The summed E-state index contributed by atoms with van der Waals surface area (Å²) in [7, 11) is -1.14. The number of rotatable bonds is 3. The fraction of sp³-hybridized carbons (Fsp3) is 0.615. The van der Waals surface area contributed by atoms with Gasteiger partial charge in [-0.1, -0.05) is 6.92 Å². The number of hydrogen-bond donors (Lipinski definition) is 1. The van der Waals surface area contributed by atoms with Crippen LogP contribution in [0.4, 0.5) is 0 Å². The summed E-state index contributed by atoms with van der Waals surface area (Å²) >= 11 is 0. The summed E-state index contributed by atoms with van der Waals surface area (Å²) < 4.78 is 22.8. The summed E-state index contributed by atoms with van der Waals surface area (Å²) in [4.78, 5) is 17.0. The van der Waals surface area contributed by atoms with Gasteiger partial charge in [-0.05, 0) is 31.4 Å². The van der Waals surface area contributed by atoms with E-state index >= 15 is 0 Å². The van der Waals surface area contributed by atoms with Crippen LogP contribution in [-0.4, -0.2) is 48.8 Å². The van der Waals surface area contributed by atoms with Crippen molar-refractivity contribution in [3.8, 4) is 0 Å². The standard InChI is InChI=1S/C13H20N2O3S/c1-3-10-4-5-12(14-10)13(16)15(2)11-6-8-19(17,18)9-7-11/h4-5,11,14H,3,6-9H2,1-2H3. The molecule has 0 saturated carbocycles. The molecule has 1 fully saturated rings. The molecule has 0 aliphatic carbocycles. The minimum Gasteiger partial charge on any atom is -0.354 e. The predicted molar refractivity (Wildman–Crippen MR) is 73.9 cm³/mol. The summed E-state index contributed by atoms with van der Waals surface area (Å²) in [5, 5.41) is 0. The van der Waals surface area contributed by atoms with Gasteiger partial charge in [0.1, 0.15) is 15.5 Å². The first-order chi connectivity index (χ1) is 8.93. The van der Waals surface area contributed by atoms with Gasteiger partial charge >= 0.3 is 0 Å². The third-order valence-electron chi connectivity index (χ3n) is 3.75. The Hall–Kier alpha value is -1.30. The maximum absolute atomic E-state index is 12.3. The van der Waals surface area contributed by atoms with Crippen molar-refractivity contribution in [2.45, 2.75) is 32.2 Å². The van der Waals surface area contributed by atoms with Crippen LogP contribution in [0.5, 0.6) is 0 Å². The minimum atomic E-state index is -2.89. The van der Waals surface area contributed by atoms with Crippen LogP contribution in [-0.2, 0) is 16.3 Å². The Morgan fingerprint density at radius 3 is 2.53 bits per heavy atom. The van der Waals surface area contributed by atoms with Crippen molar-refractivity contribution < 1.29 is 13.2 Å². The zero-order valence-electron chi connectivity index (χ0n) is 11.3. The molecular weight excluding hydrogens is 264 g/mol. The van der Waals surface area contributed by atoms with Gasteiger partial charge in [0.15, 0.2) is 0 Å². The third kappa shape index (κ3) is 3.18. The van der Waals surface area contributed by atoms with Crippen LogP contribution in [0, 0.1) is 0 Å². The normalized spacial score (nSPS) is 19.3. The molecule has 0 spiro atoms. The molecule has 0 unspecified atom stereocenters. The lowest BCUT2D eigenvalue weighted by molar-refractivity contribution is 0.0716. The number of nitrogens with zero attached hydrogens (tertiary/aromatic N) is 1. The summed E-state index contributed by atoms with van der Waals surface area (Å²) in [6, 6.07) is 3.72. The molecule has 1 aliphatic heterocycles. The molecule has 0 bridgehead atoms. The van der Waals surface area contributed by atoms with Crippen molar-refractivity contribution in [2.24, 2.45) is 0 Å². The predicted octanol–water partition coefficient (Wildman–Crippen LogP) is 1.23. The van der Waals surface area contributed by atoms with E-state index in [4.69, 9.17) is 0 Å². The molecule has 5 nitrogen and oxygen atoms in total. The maximum Gasteiger partial charge on any atom is 0.270 e. The molecule has 106 valence electrons. The highest BCUT2D eigenvalue weighted by atomic mass is 32.2. The number of nitrogens with one attached hydrogen (secondary N) is 1. The van der Waals surface area contributed by atoms with Gasteiger partial charge in [-0.3, -0.25) is 4.79 Å². The van der Waals surface area contributed by atoms with Crippen LogP contribution in [0.25, 0.3) is 0 Å². The van der Waals surface area contributed by atoms with E-state index in [9.17, 15) is 13.2 Å². The molecule has 1 saturated heterocycles. The Bertz CT molecular complexity index is 548. The molecule has 2 rings (SSSR count).